The van der Waals surface area contributed by atoms with Gasteiger partial charge in [-0.05, 0) is 36.4 Å². The Morgan fingerprint density at radius 3 is 2.65 bits per heavy atom. The Morgan fingerprint density at radius 1 is 1.35 bits per heavy atom. The summed E-state index contributed by atoms with van der Waals surface area (Å²) in [5.74, 6) is 0.276. The van der Waals surface area contributed by atoms with E-state index in [9.17, 15) is 9.59 Å². The molecule has 3 aliphatic carbocycles. The first kappa shape index (κ1) is 18.4. The molecule has 4 rings (SSSR count). The van der Waals surface area contributed by atoms with Crippen molar-refractivity contribution in [3.8, 4) is 0 Å². The first-order valence-electron chi connectivity index (χ1n) is 9.68. The van der Waals surface area contributed by atoms with E-state index in [0.29, 0.717) is 6.61 Å². The van der Waals surface area contributed by atoms with Crippen LogP contribution in [0.2, 0.25) is 18.1 Å². The number of esters is 1. The second kappa shape index (κ2) is 5.52. The lowest BCUT2D eigenvalue weighted by atomic mass is 9.59. The minimum absolute atomic E-state index is 0.0255. The van der Waals surface area contributed by atoms with Gasteiger partial charge < -0.3 is 13.9 Å². The zero-order chi connectivity index (χ0) is 19.1. The number of fused-ring (bicyclic) bond motifs is 6. The van der Waals surface area contributed by atoms with Crippen molar-refractivity contribution in [3.63, 3.8) is 0 Å². The Kier molecular flexibility index (Phi) is 3.90. The van der Waals surface area contributed by atoms with E-state index in [1.807, 2.05) is 0 Å². The molecule has 0 radical (unpaired) electrons. The number of carbonyl (C=O) groups excluding carboxylic acids is 2. The summed E-state index contributed by atoms with van der Waals surface area (Å²) in [4.78, 5) is 25.1. The molecular weight excluding hydrogens is 348 g/mol. The predicted molar refractivity (Wildman–Crippen MR) is 99.0 cm³/mol. The maximum atomic E-state index is 13.4. The second-order valence-corrected chi connectivity index (χ2v) is 14.8. The Labute approximate surface area is 156 Å². The van der Waals surface area contributed by atoms with Crippen LogP contribution in [0.3, 0.4) is 0 Å². The third kappa shape index (κ3) is 2.41. The first-order chi connectivity index (χ1) is 12.0. The van der Waals surface area contributed by atoms with Crippen molar-refractivity contribution in [2.24, 2.45) is 23.2 Å². The Balaban J connectivity index is 1.68. The van der Waals surface area contributed by atoms with Crippen LogP contribution in [-0.4, -0.2) is 45.0 Å². The van der Waals surface area contributed by atoms with Crippen molar-refractivity contribution in [1.82, 2.24) is 0 Å². The van der Waals surface area contributed by atoms with Crippen LogP contribution in [0.15, 0.2) is 12.2 Å². The van der Waals surface area contributed by atoms with Crippen molar-refractivity contribution in [2.75, 3.05) is 6.61 Å². The Morgan fingerprint density at radius 2 is 2.04 bits per heavy atom. The smallest absolute Gasteiger partial charge is 0.303 e. The van der Waals surface area contributed by atoms with Gasteiger partial charge in [-0.25, -0.2) is 0 Å². The molecule has 4 aliphatic rings. The van der Waals surface area contributed by atoms with Gasteiger partial charge in [-0.3, -0.25) is 9.59 Å². The van der Waals surface area contributed by atoms with Crippen molar-refractivity contribution >= 4 is 20.1 Å². The molecule has 0 aromatic rings. The molecule has 1 unspecified atom stereocenters. The average Bonchev–Trinajstić information content (AvgIpc) is 3.08. The molecule has 1 saturated heterocycles. The minimum atomic E-state index is -2.00. The molecule has 2 saturated carbocycles. The lowest BCUT2D eigenvalue weighted by Crippen LogP contribution is -2.59. The molecule has 0 aromatic heterocycles. The van der Waals surface area contributed by atoms with Gasteiger partial charge in [-0.15, -0.1) is 0 Å². The number of epoxide rings is 1. The lowest BCUT2D eigenvalue weighted by molar-refractivity contribution is -0.162. The van der Waals surface area contributed by atoms with Crippen LogP contribution in [0.4, 0.5) is 0 Å². The highest BCUT2D eigenvalue weighted by atomic mass is 28.4. The SMILES string of the molecule is CC(=O)O[C@H]1C2[C@H]3C=C[C@H](C3)[C@@]2(CO[Si](C)(C)C(C)(C)C)C(=O)[C@@H]2O[C@@H]21. The van der Waals surface area contributed by atoms with Gasteiger partial charge in [-0.2, -0.15) is 0 Å². The van der Waals surface area contributed by atoms with Gasteiger partial charge >= 0.3 is 5.97 Å². The molecule has 0 aromatic carbocycles. The summed E-state index contributed by atoms with van der Waals surface area (Å²) in [6.07, 6.45) is 4.32. The molecule has 1 heterocycles. The normalized spacial score (nSPS) is 43.2. The molecule has 1 aliphatic heterocycles. The fourth-order valence-corrected chi connectivity index (χ4v) is 6.10. The zero-order valence-electron chi connectivity index (χ0n) is 16.6. The molecule has 0 N–H and O–H groups in total. The van der Waals surface area contributed by atoms with Gasteiger partial charge in [-0.1, -0.05) is 32.9 Å². The van der Waals surface area contributed by atoms with Gasteiger partial charge in [0.25, 0.3) is 0 Å². The largest absolute Gasteiger partial charge is 0.459 e. The molecular formula is C20H30O5Si. The van der Waals surface area contributed by atoms with Gasteiger partial charge in [0.15, 0.2) is 14.1 Å². The third-order valence-corrected chi connectivity index (χ3v) is 12.0. The standard InChI is InChI=1S/C20H30O5Si/c1-11(21)24-15-14-12-7-8-13(9-12)20(14,18(22)17-16(15)25-17)10-23-26(5,6)19(2,3)4/h7-8,12-17H,9-10H2,1-6H3/t12-,13+,14?,15-,16+,17+,20+/m0/s1. The van der Waals surface area contributed by atoms with Crippen LogP contribution >= 0.6 is 0 Å². The summed E-state index contributed by atoms with van der Waals surface area (Å²) in [5.41, 5.74) is -0.604. The van der Waals surface area contributed by atoms with Crippen LogP contribution < -0.4 is 0 Å². The maximum Gasteiger partial charge on any atom is 0.303 e. The highest BCUT2D eigenvalue weighted by Gasteiger charge is 2.74. The van der Waals surface area contributed by atoms with Gasteiger partial charge in [0, 0.05) is 19.4 Å². The number of ether oxygens (including phenoxy) is 2. The number of Topliss-reactive ketones (excluding diaryl/α,β-unsaturated/α-hetero) is 1. The molecule has 6 heteroatoms. The Hall–Kier alpha value is -0.983. The van der Waals surface area contributed by atoms with Crippen LogP contribution in [0.5, 0.6) is 0 Å². The fourth-order valence-electron chi connectivity index (χ4n) is 5.07. The van der Waals surface area contributed by atoms with Crippen LogP contribution in [0, 0.1) is 23.2 Å². The maximum absolute atomic E-state index is 13.4. The summed E-state index contributed by atoms with van der Waals surface area (Å²) >= 11 is 0. The van der Waals surface area contributed by atoms with E-state index in [4.69, 9.17) is 13.9 Å². The van der Waals surface area contributed by atoms with Gasteiger partial charge in [0.2, 0.25) is 0 Å². The van der Waals surface area contributed by atoms with Crippen LogP contribution in [0.1, 0.15) is 34.1 Å². The minimum Gasteiger partial charge on any atom is -0.459 e. The fraction of sp³-hybridized carbons (Fsp3) is 0.800. The predicted octanol–water partition coefficient (Wildman–Crippen LogP) is 3.10. The lowest BCUT2D eigenvalue weighted by Gasteiger charge is -2.47. The van der Waals surface area contributed by atoms with E-state index in [2.05, 4.69) is 46.0 Å². The molecule has 2 bridgehead atoms. The summed E-state index contributed by atoms with van der Waals surface area (Å²) < 4.78 is 17.9. The van der Waals surface area contributed by atoms with Crippen molar-refractivity contribution in [1.29, 1.82) is 0 Å². The van der Waals surface area contributed by atoms with Crippen molar-refractivity contribution in [2.45, 2.75) is 70.6 Å². The van der Waals surface area contributed by atoms with E-state index in [-0.39, 0.29) is 46.8 Å². The molecule has 5 nitrogen and oxygen atoms in total. The van der Waals surface area contributed by atoms with Gasteiger partial charge in [0.1, 0.15) is 18.3 Å². The van der Waals surface area contributed by atoms with E-state index in [1.54, 1.807) is 0 Å². The van der Waals surface area contributed by atoms with E-state index < -0.39 is 19.8 Å². The van der Waals surface area contributed by atoms with Gasteiger partial charge in [0.05, 0.1) is 5.41 Å². The highest BCUT2D eigenvalue weighted by Crippen LogP contribution is 2.64. The average molecular weight is 379 g/mol. The van der Waals surface area contributed by atoms with Crippen molar-refractivity contribution in [3.05, 3.63) is 12.2 Å². The number of rotatable bonds is 4. The van der Waals surface area contributed by atoms with E-state index >= 15 is 0 Å². The van der Waals surface area contributed by atoms with Crippen LogP contribution in [-0.2, 0) is 23.5 Å². The number of ketones is 1. The molecule has 7 atom stereocenters. The highest BCUT2D eigenvalue weighted by molar-refractivity contribution is 6.74. The quantitative estimate of drug-likeness (QED) is 0.325. The monoisotopic (exact) mass is 378 g/mol. The summed E-state index contributed by atoms with van der Waals surface area (Å²) in [7, 11) is -2.00. The number of hydrogen-bond acceptors (Lipinski definition) is 5. The summed E-state index contributed by atoms with van der Waals surface area (Å²) in [5, 5.41) is 0.0816. The van der Waals surface area contributed by atoms with E-state index in [0.717, 1.165) is 6.42 Å². The zero-order valence-corrected chi connectivity index (χ0v) is 17.6. The molecule has 0 amide bonds. The number of hydrogen-bond donors (Lipinski definition) is 0. The molecule has 26 heavy (non-hydrogen) atoms. The number of allylic oxidation sites excluding steroid dienone is 2. The topological polar surface area (TPSA) is 65.1 Å². The molecule has 144 valence electrons. The Bertz CT molecular complexity index is 678. The second-order valence-electron chi connectivity index (χ2n) is 9.97. The molecule has 0 spiro atoms. The van der Waals surface area contributed by atoms with E-state index in [1.165, 1.54) is 6.92 Å². The summed E-state index contributed by atoms with van der Waals surface area (Å²) in [6, 6.07) is 0. The summed E-state index contributed by atoms with van der Waals surface area (Å²) in [6.45, 7) is 12.9. The first-order valence-corrected chi connectivity index (χ1v) is 12.6. The number of carbonyl (C=O) groups is 2. The van der Waals surface area contributed by atoms with Crippen LogP contribution in [0.25, 0.3) is 0 Å². The third-order valence-electron chi connectivity index (χ3n) is 7.53. The van der Waals surface area contributed by atoms with Crippen molar-refractivity contribution < 1.29 is 23.5 Å². The molecule has 3 fully saturated rings.